The third kappa shape index (κ3) is 8.67. The van der Waals surface area contributed by atoms with Crippen molar-refractivity contribution in [3.05, 3.63) is 102 Å². The summed E-state index contributed by atoms with van der Waals surface area (Å²) in [6, 6.07) is 20.4. The largest absolute Gasteiger partial charge is 0.423 e. The molecule has 0 saturated heterocycles. The summed E-state index contributed by atoms with van der Waals surface area (Å²) in [6.45, 7) is 5.79. The van der Waals surface area contributed by atoms with Gasteiger partial charge in [-0.25, -0.2) is 9.59 Å². The predicted molar refractivity (Wildman–Crippen MR) is 141 cm³/mol. The van der Waals surface area contributed by atoms with Crippen molar-refractivity contribution in [2.24, 2.45) is 0 Å². The van der Waals surface area contributed by atoms with Crippen LogP contribution in [0.1, 0.15) is 71.7 Å². The fourth-order valence-electron chi connectivity index (χ4n) is 3.80. The molecule has 0 aliphatic heterocycles. The van der Waals surface area contributed by atoms with Gasteiger partial charge in [-0.1, -0.05) is 75.1 Å². The molecule has 3 aromatic carbocycles. The molecule has 0 radical (unpaired) electrons. The molecule has 0 atom stereocenters. The van der Waals surface area contributed by atoms with Gasteiger partial charge in [0, 0.05) is 0 Å². The number of esters is 2. The van der Waals surface area contributed by atoms with E-state index in [2.05, 4.69) is 11.3 Å². The van der Waals surface area contributed by atoms with E-state index < -0.39 is 24.5 Å². The maximum Gasteiger partial charge on any atom is 0.400 e. The third-order valence-electron chi connectivity index (χ3n) is 5.90. The molecule has 0 aliphatic rings. The number of carbonyl (C=O) groups is 2. The molecular formula is C31H32F2O4. The minimum absolute atomic E-state index is 0.0473. The number of carbonyl (C=O) groups excluding carboxylic acids is 2. The van der Waals surface area contributed by atoms with Gasteiger partial charge in [-0.2, -0.15) is 8.78 Å². The van der Waals surface area contributed by atoms with Gasteiger partial charge in [0.05, 0.1) is 17.5 Å². The van der Waals surface area contributed by atoms with Crippen molar-refractivity contribution in [1.29, 1.82) is 0 Å². The third-order valence-corrected chi connectivity index (χ3v) is 5.90. The Bertz CT molecular complexity index is 1170. The predicted octanol–water partition coefficient (Wildman–Crippen LogP) is 8.41. The van der Waals surface area contributed by atoms with E-state index in [-0.39, 0.29) is 17.7 Å². The number of halogens is 2. The van der Waals surface area contributed by atoms with Crippen molar-refractivity contribution in [3.63, 3.8) is 0 Å². The summed E-state index contributed by atoms with van der Waals surface area (Å²) in [5.74, 6) is -1.51. The lowest BCUT2D eigenvalue weighted by Gasteiger charge is -2.16. The summed E-state index contributed by atoms with van der Waals surface area (Å²) in [5.41, 5.74) is 3.47. The van der Waals surface area contributed by atoms with E-state index in [1.54, 1.807) is 12.1 Å². The first kappa shape index (κ1) is 27.8. The smallest absolute Gasteiger partial charge is 0.400 e. The van der Waals surface area contributed by atoms with E-state index in [9.17, 15) is 18.4 Å². The average molecular weight is 507 g/mol. The van der Waals surface area contributed by atoms with Crippen LogP contribution in [0.4, 0.5) is 8.78 Å². The van der Waals surface area contributed by atoms with Crippen LogP contribution in [0.5, 0.6) is 5.75 Å². The maximum atomic E-state index is 14.0. The van der Waals surface area contributed by atoms with Gasteiger partial charge in [0.15, 0.2) is 0 Å². The van der Waals surface area contributed by atoms with Crippen LogP contribution in [0.15, 0.2) is 85.5 Å². The van der Waals surface area contributed by atoms with Gasteiger partial charge in [0.25, 0.3) is 0 Å². The highest BCUT2D eigenvalue weighted by Crippen LogP contribution is 2.26. The summed E-state index contributed by atoms with van der Waals surface area (Å²) < 4.78 is 37.7. The molecule has 0 heterocycles. The molecule has 4 nitrogen and oxygen atoms in total. The Morgan fingerprint density at radius 2 is 1.32 bits per heavy atom. The van der Waals surface area contributed by atoms with Crippen molar-refractivity contribution >= 4 is 11.9 Å². The summed E-state index contributed by atoms with van der Waals surface area (Å²) in [6.07, 6.45) is 2.50. The minimum Gasteiger partial charge on any atom is -0.423 e. The number of rotatable bonds is 13. The summed E-state index contributed by atoms with van der Waals surface area (Å²) in [4.78, 5) is 24.7. The monoisotopic (exact) mass is 506 g/mol. The zero-order chi connectivity index (χ0) is 26.7. The van der Waals surface area contributed by atoms with Gasteiger partial charge in [0.1, 0.15) is 5.75 Å². The van der Waals surface area contributed by atoms with Crippen molar-refractivity contribution in [1.82, 2.24) is 0 Å². The van der Waals surface area contributed by atoms with Crippen LogP contribution < -0.4 is 4.74 Å². The fraction of sp³-hybridized carbons (Fsp3) is 0.290. The summed E-state index contributed by atoms with van der Waals surface area (Å²) in [5, 5.41) is 0. The Balaban J connectivity index is 1.53. The first-order chi connectivity index (χ1) is 17.8. The van der Waals surface area contributed by atoms with Gasteiger partial charge < -0.3 is 9.47 Å². The molecule has 3 rings (SSSR count). The van der Waals surface area contributed by atoms with Crippen molar-refractivity contribution in [2.45, 2.75) is 58.0 Å². The Morgan fingerprint density at radius 1 is 0.784 bits per heavy atom. The fourth-order valence-corrected chi connectivity index (χ4v) is 3.80. The normalized spacial score (nSPS) is 11.1. The van der Waals surface area contributed by atoms with E-state index in [4.69, 9.17) is 4.74 Å². The number of unbranched alkanes of at least 4 members (excludes halogenated alkanes) is 4. The van der Waals surface area contributed by atoms with E-state index in [1.165, 1.54) is 29.8 Å². The zero-order valence-electron chi connectivity index (χ0n) is 21.1. The Morgan fingerprint density at radius 3 is 1.92 bits per heavy atom. The second-order valence-electron chi connectivity index (χ2n) is 8.87. The molecule has 0 fully saturated rings. The molecule has 0 spiro atoms. The highest BCUT2D eigenvalue weighted by atomic mass is 19.3. The molecule has 194 valence electrons. The lowest BCUT2D eigenvalue weighted by molar-refractivity contribution is -0.205. The van der Waals surface area contributed by atoms with Crippen LogP contribution in [-0.2, 0) is 11.2 Å². The number of hydrogen-bond donors (Lipinski definition) is 0. The Hall–Kier alpha value is -3.80. The Kier molecular flexibility index (Phi) is 10.1. The van der Waals surface area contributed by atoms with Gasteiger partial charge in [-0.3, -0.25) is 0 Å². The minimum atomic E-state index is -3.52. The quantitative estimate of drug-likeness (QED) is 0.101. The van der Waals surface area contributed by atoms with Crippen molar-refractivity contribution in [2.75, 3.05) is 0 Å². The lowest BCUT2D eigenvalue weighted by atomic mass is 10.0. The average Bonchev–Trinajstić information content (AvgIpc) is 2.89. The number of ether oxygens (including phenoxy) is 2. The SMILES string of the molecule is C=CCc1ccc(-c2ccc(C(=O)Oc3ccc(C(=O)OC(F)(F)CCCCCCC)cc3)cc2)cc1. The number of benzene rings is 3. The molecule has 0 amide bonds. The highest BCUT2D eigenvalue weighted by Gasteiger charge is 2.33. The maximum absolute atomic E-state index is 14.0. The second-order valence-corrected chi connectivity index (χ2v) is 8.87. The molecule has 3 aromatic rings. The molecular weight excluding hydrogens is 474 g/mol. The Labute approximate surface area is 216 Å². The molecule has 0 unspecified atom stereocenters. The summed E-state index contributed by atoms with van der Waals surface area (Å²) >= 11 is 0. The molecule has 0 saturated carbocycles. The van der Waals surface area contributed by atoms with E-state index in [0.717, 1.165) is 36.8 Å². The summed E-state index contributed by atoms with van der Waals surface area (Å²) in [7, 11) is 0. The van der Waals surface area contributed by atoms with Crippen LogP contribution >= 0.6 is 0 Å². The van der Waals surface area contributed by atoms with Gasteiger partial charge in [0.2, 0.25) is 0 Å². The van der Waals surface area contributed by atoms with Gasteiger partial charge in [-0.05, 0) is 65.9 Å². The van der Waals surface area contributed by atoms with Crippen molar-refractivity contribution < 1.29 is 27.8 Å². The van der Waals surface area contributed by atoms with E-state index in [0.29, 0.717) is 12.0 Å². The molecule has 0 aromatic heterocycles. The molecule has 0 bridgehead atoms. The molecule has 0 aliphatic carbocycles. The van der Waals surface area contributed by atoms with Gasteiger partial charge in [-0.15, -0.1) is 6.58 Å². The number of allylic oxidation sites excluding steroid dienone is 1. The van der Waals surface area contributed by atoms with Crippen LogP contribution in [-0.4, -0.2) is 18.0 Å². The highest BCUT2D eigenvalue weighted by molar-refractivity contribution is 5.92. The van der Waals surface area contributed by atoms with Crippen LogP contribution in [0.25, 0.3) is 11.1 Å². The second kappa shape index (κ2) is 13.5. The lowest BCUT2D eigenvalue weighted by Crippen LogP contribution is -2.25. The van der Waals surface area contributed by atoms with Gasteiger partial charge >= 0.3 is 18.0 Å². The number of alkyl halides is 2. The van der Waals surface area contributed by atoms with Crippen LogP contribution in [0, 0.1) is 0 Å². The van der Waals surface area contributed by atoms with Crippen LogP contribution in [0.2, 0.25) is 0 Å². The van der Waals surface area contributed by atoms with E-state index in [1.807, 2.05) is 49.4 Å². The topological polar surface area (TPSA) is 52.6 Å². The first-order valence-corrected chi connectivity index (χ1v) is 12.5. The first-order valence-electron chi connectivity index (χ1n) is 12.5. The van der Waals surface area contributed by atoms with Crippen molar-refractivity contribution in [3.8, 4) is 16.9 Å². The zero-order valence-corrected chi connectivity index (χ0v) is 21.1. The molecule has 6 heteroatoms. The molecule has 0 N–H and O–H groups in total. The van der Waals surface area contributed by atoms with E-state index >= 15 is 0 Å². The standard InChI is InChI=1S/C31H32F2O4/c1-3-5-6-7-8-22-31(32,33)37-30(35)27-18-20-28(21-19-27)36-29(34)26-16-14-25(15-17-26)24-12-10-23(9-4-2)11-13-24/h4,10-21H,2-3,5-9,22H2,1H3. The number of hydrogen-bond acceptors (Lipinski definition) is 4. The molecule has 37 heavy (non-hydrogen) atoms. The van der Waals surface area contributed by atoms with Crippen LogP contribution in [0.3, 0.4) is 0 Å².